The van der Waals surface area contributed by atoms with E-state index in [1.165, 1.54) is 0 Å². The van der Waals surface area contributed by atoms with Crippen molar-refractivity contribution in [1.82, 2.24) is 0 Å². The van der Waals surface area contributed by atoms with Crippen LogP contribution in [0.1, 0.15) is 21.7 Å². The van der Waals surface area contributed by atoms with Crippen LogP contribution in [0.4, 0.5) is 0 Å². The zero-order valence-electron chi connectivity index (χ0n) is 15.7. The van der Waals surface area contributed by atoms with E-state index < -0.39 is 5.97 Å². The summed E-state index contributed by atoms with van der Waals surface area (Å²) in [6.45, 7) is 0.249. The molecule has 1 heterocycles. The lowest BCUT2D eigenvalue weighted by atomic mass is 10.0. The summed E-state index contributed by atoms with van der Waals surface area (Å²) in [6.07, 6.45) is 0. The highest BCUT2D eigenvalue weighted by molar-refractivity contribution is 5.97. The summed E-state index contributed by atoms with van der Waals surface area (Å²) in [5, 5.41) is 9.73. The van der Waals surface area contributed by atoms with Gasteiger partial charge in [-0.15, -0.1) is 0 Å². The number of methoxy groups -OCH3 is 1. The van der Waals surface area contributed by atoms with Crippen molar-refractivity contribution in [3.05, 3.63) is 89.7 Å². The molecule has 142 valence electrons. The average molecular weight is 383 g/mol. The molecule has 0 radical (unpaired) electrons. The number of fused-ring (bicyclic) bond motifs is 1. The van der Waals surface area contributed by atoms with Crippen LogP contribution in [-0.4, -0.2) is 13.1 Å². The van der Waals surface area contributed by atoms with Crippen LogP contribution in [-0.2, 0) is 11.3 Å². The topological polar surface area (TPSA) is 72.5 Å². The number of hydrogen-bond acceptors (Lipinski definition) is 5. The largest absolute Gasteiger partial charge is 0.449 e. The van der Waals surface area contributed by atoms with Crippen LogP contribution in [0.25, 0.3) is 22.1 Å². The summed E-state index contributed by atoms with van der Waals surface area (Å²) in [5.41, 5.74) is 3.82. The molecule has 4 aromatic rings. The number of rotatable bonds is 5. The van der Waals surface area contributed by atoms with Gasteiger partial charge in [0, 0.05) is 18.1 Å². The minimum atomic E-state index is -0.570. The van der Waals surface area contributed by atoms with E-state index in [4.69, 9.17) is 19.2 Å². The molecule has 4 rings (SSSR count). The predicted molar refractivity (Wildman–Crippen MR) is 108 cm³/mol. The SMILES string of the molecule is COCc1c(C(=O)Oc2ccc(-c3ccc(C#N)cc3)cc2)oc2ccccc12. The molecule has 3 aromatic carbocycles. The first-order valence-corrected chi connectivity index (χ1v) is 9.01. The Labute approximate surface area is 167 Å². The molecule has 0 bridgehead atoms. The van der Waals surface area contributed by atoms with E-state index in [2.05, 4.69) is 6.07 Å². The first-order chi connectivity index (χ1) is 14.2. The molecule has 0 amide bonds. The lowest BCUT2D eigenvalue weighted by Crippen LogP contribution is -2.10. The number of nitriles is 1. The summed E-state index contributed by atoms with van der Waals surface area (Å²) in [7, 11) is 1.57. The monoisotopic (exact) mass is 383 g/mol. The molecule has 0 aliphatic rings. The van der Waals surface area contributed by atoms with Crippen molar-refractivity contribution in [3.8, 4) is 22.9 Å². The van der Waals surface area contributed by atoms with Gasteiger partial charge >= 0.3 is 5.97 Å². The van der Waals surface area contributed by atoms with Crippen LogP contribution in [0.5, 0.6) is 5.75 Å². The van der Waals surface area contributed by atoms with E-state index in [0.717, 1.165) is 16.5 Å². The van der Waals surface area contributed by atoms with E-state index in [9.17, 15) is 4.79 Å². The fourth-order valence-electron chi connectivity index (χ4n) is 3.16. The molecule has 0 spiro atoms. The van der Waals surface area contributed by atoms with Crippen LogP contribution in [0.15, 0.2) is 77.2 Å². The van der Waals surface area contributed by atoms with Crippen LogP contribution in [0.3, 0.4) is 0 Å². The number of esters is 1. The molecule has 5 heteroatoms. The minimum absolute atomic E-state index is 0.143. The number of hydrogen-bond donors (Lipinski definition) is 0. The average Bonchev–Trinajstić information content (AvgIpc) is 3.13. The molecule has 0 atom stereocenters. The van der Waals surface area contributed by atoms with Gasteiger partial charge in [-0.25, -0.2) is 4.79 Å². The van der Waals surface area contributed by atoms with Crippen molar-refractivity contribution < 1.29 is 18.7 Å². The van der Waals surface area contributed by atoms with E-state index in [-0.39, 0.29) is 12.4 Å². The fourth-order valence-corrected chi connectivity index (χ4v) is 3.16. The van der Waals surface area contributed by atoms with Gasteiger partial charge in [-0.2, -0.15) is 5.26 Å². The Morgan fingerprint density at radius 2 is 1.62 bits per heavy atom. The normalized spacial score (nSPS) is 10.6. The highest BCUT2D eigenvalue weighted by Gasteiger charge is 2.22. The van der Waals surface area contributed by atoms with Crippen LogP contribution in [0.2, 0.25) is 0 Å². The predicted octanol–water partition coefficient (Wildman–Crippen LogP) is 5.34. The summed E-state index contributed by atoms with van der Waals surface area (Å²) in [6, 6.07) is 24.0. The number of nitrogens with zero attached hydrogens (tertiary/aromatic N) is 1. The van der Waals surface area contributed by atoms with Gasteiger partial charge in [0.15, 0.2) is 0 Å². The molecule has 0 fully saturated rings. The van der Waals surface area contributed by atoms with Crippen LogP contribution in [0, 0.1) is 11.3 Å². The molecule has 0 saturated heterocycles. The number of benzene rings is 3. The third-order valence-electron chi connectivity index (χ3n) is 4.58. The highest BCUT2D eigenvalue weighted by Crippen LogP contribution is 2.28. The molecule has 0 N–H and O–H groups in total. The number of furan rings is 1. The van der Waals surface area contributed by atoms with Gasteiger partial charge in [0.25, 0.3) is 0 Å². The second-order valence-corrected chi connectivity index (χ2v) is 6.44. The molecule has 0 aliphatic carbocycles. The fraction of sp³-hybridized carbons (Fsp3) is 0.0833. The van der Waals surface area contributed by atoms with Crippen LogP contribution < -0.4 is 4.74 Å². The highest BCUT2D eigenvalue weighted by atomic mass is 16.5. The Morgan fingerprint density at radius 3 is 2.28 bits per heavy atom. The Morgan fingerprint density at radius 1 is 0.966 bits per heavy atom. The number of ether oxygens (including phenoxy) is 2. The van der Waals surface area contributed by atoms with Gasteiger partial charge in [0.1, 0.15) is 11.3 Å². The molecule has 0 saturated carbocycles. The summed E-state index contributed by atoms with van der Waals surface area (Å²) < 4.78 is 16.5. The Bertz CT molecular complexity index is 1200. The Kier molecular flexibility index (Phi) is 5.10. The van der Waals surface area contributed by atoms with Crippen molar-refractivity contribution in [3.63, 3.8) is 0 Å². The standard InChI is InChI=1S/C24H17NO4/c1-27-15-21-20-4-2-3-5-22(20)29-23(21)24(26)28-19-12-10-18(11-13-19)17-8-6-16(14-25)7-9-17/h2-13H,15H2,1H3. The maximum atomic E-state index is 12.7. The second kappa shape index (κ2) is 8.01. The Hall–Kier alpha value is -3.88. The van der Waals surface area contributed by atoms with Crippen LogP contribution >= 0.6 is 0 Å². The van der Waals surface area contributed by atoms with Crippen molar-refractivity contribution in [2.75, 3.05) is 7.11 Å². The smallest absolute Gasteiger partial charge is 0.380 e. The summed E-state index contributed by atoms with van der Waals surface area (Å²) >= 11 is 0. The van der Waals surface area contributed by atoms with Gasteiger partial charge in [-0.05, 0) is 41.5 Å². The maximum Gasteiger partial charge on any atom is 0.380 e. The molecule has 5 nitrogen and oxygen atoms in total. The molecule has 0 aliphatic heterocycles. The van der Waals surface area contributed by atoms with Gasteiger partial charge in [-0.1, -0.05) is 42.5 Å². The van der Waals surface area contributed by atoms with Crippen molar-refractivity contribution in [2.45, 2.75) is 6.61 Å². The van der Waals surface area contributed by atoms with Gasteiger partial charge in [0.2, 0.25) is 5.76 Å². The number of carbonyl (C=O) groups is 1. The number of para-hydroxylation sites is 1. The third kappa shape index (κ3) is 3.75. The van der Waals surface area contributed by atoms with E-state index in [0.29, 0.717) is 22.5 Å². The van der Waals surface area contributed by atoms with E-state index >= 15 is 0 Å². The lowest BCUT2D eigenvalue weighted by molar-refractivity contribution is 0.0697. The molecule has 0 unspecified atom stereocenters. The van der Waals surface area contributed by atoms with Gasteiger partial charge < -0.3 is 13.9 Å². The molecule has 29 heavy (non-hydrogen) atoms. The quantitative estimate of drug-likeness (QED) is 0.344. The van der Waals surface area contributed by atoms with Crippen molar-refractivity contribution in [2.24, 2.45) is 0 Å². The van der Waals surface area contributed by atoms with Crippen molar-refractivity contribution in [1.29, 1.82) is 5.26 Å². The molecule has 1 aromatic heterocycles. The summed E-state index contributed by atoms with van der Waals surface area (Å²) in [4.78, 5) is 12.7. The molecular formula is C24H17NO4. The van der Waals surface area contributed by atoms with E-state index in [1.54, 1.807) is 37.4 Å². The molecular weight excluding hydrogens is 366 g/mol. The second-order valence-electron chi connectivity index (χ2n) is 6.44. The maximum absolute atomic E-state index is 12.7. The van der Waals surface area contributed by atoms with Crippen molar-refractivity contribution >= 4 is 16.9 Å². The number of carbonyl (C=O) groups excluding carboxylic acids is 1. The lowest BCUT2D eigenvalue weighted by Gasteiger charge is -2.06. The first kappa shape index (κ1) is 18.5. The third-order valence-corrected chi connectivity index (χ3v) is 4.58. The summed E-state index contributed by atoms with van der Waals surface area (Å²) in [5.74, 6) is -0.0141. The zero-order chi connectivity index (χ0) is 20.2. The van der Waals surface area contributed by atoms with Gasteiger partial charge in [-0.3, -0.25) is 0 Å². The first-order valence-electron chi connectivity index (χ1n) is 9.01. The van der Waals surface area contributed by atoms with E-state index in [1.807, 2.05) is 42.5 Å². The van der Waals surface area contributed by atoms with Gasteiger partial charge in [0.05, 0.1) is 18.2 Å². The Balaban J connectivity index is 1.56. The zero-order valence-corrected chi connectivity index (χ0v) is 15.7. The minimum Gasteiger partial charge on any atom is -0.449 e.